The van der Waals surface area contributed by atoms with Crippen LogP contribution in [0.3, 0.4) is 0 Å². The van der Waals surface area contributed by atoms with Crippen LogP contribution in [0, 0.1) is 5.92 Å². The van der Waals surface area contributed by atoms with Crippen LogP contribution in [-0.2, 0) is 9.47 Å². The summed E-state index contributed by atoms with van der Waals surface area (Å²) >= 11 is 0. The van der Waals surface area contributed by atoms with Crippen molar-refractivity contribution in [3.63, 3.8) is 0 Å². The van der Waals surface area contributed by atoms with Gasteiger partial charge in [0.05, 0.1) is 17.7 Å². The van der Waals surface area contributed by atoms with Crippen LogP contribution >= 0.6 is 0 Å². The summed E-state index contributed by atoms with van der Waals surface area (Å²) < 4.78 is 10.6. The molecule has 0 spiro atoms. The molecule has 1 fully saturated rings. The molecule has 1 aliphatic rings. The van der Waals surface area contributed by atoms with Gasteiger partial charge in [-0.05, 0) is 62.8 Å². The zero-order valence-corrected chi connectivity index (χ0v) is 13.3. The Morgan fingerprint density at radius 2 is 1.59 bits per heavy atom. The molecule has 2 rings (SSSR count). The number of carbonyl (C=O) groups is 2. The van der Waals surface area contributed by atoms with Crippen molar-refractivity contribution in [3.05, 3.63) is 35.4 Å². The predicted octanol–water partition coefficient (Wildman–Crippen LogP) is 3.99. The second-order valence-corrected chi connectivity index (χ2v) is 5.69. The average molecular weight is 304 g/mol. The summed E-state index contributed by atoms with van der Waals surface area (Å²) in [6, 6.07) is 6.45. The Hall–Kier alpha value is -1.84. The standard InChI is InChI=1S/C18H24O4/c1-3-13-7-5-6-8-16(13)22-18(20)15-11-9-14(10-12-15)17(19)21-4-2/h9-13,16H,3-8H2,1-2H3. The minimum absolute atomic E-state index is 0.0241. The molecule has 1 aromatic carbocycles. The van der Waals surface area contributed by atoms with Gasteiger partial charge in [0, 0.05) is 0 Å². The first-order valence-corrected chi connectivity index (χ1v) is 8.13. The van der Waals surface area contributed by atoms with E-state index in [-0.39, 0.29) is 18.0 Å². The topological polar surface area (TPSA) is 52.6 Å². The van der Waals surface area contributed by atoms with E-state index in [0.717, 1.165) is 25.7 Å². The van der Waals surface area contributed by atoms with Gasteiger partial charge in [-0.25, -0.2) is 9.59 Å². The van der Waals surface area contributed by atoms with Crippen LogP contribution in [-0.4, -0.2) is 24.6 Å². The summed E-state index contributed by atoms with van der Waals surface area (Å²) in [4.78, 5) is 23.8. The summed E-state index contributed by atoms with van der Waals surface area (Å²) in [6.45, 7) is 4.24. The molecular formula is C18H24O4. The summed E-state index contributed by atoms with van der Waals surface area (Å²) in [5.74, 6) is -0.210. The Kier molecular flexibility index (Phi) is 5.99. The van der Waals surface area contributed by atoms with E-state index < -0.39 is 0 Å². The third kappa shape index (κ3) is 4.09. The summed E-state index contributed by atoms with van der Waals surface area (Å²) in [5, 5.41) is 0. The monoisotopic (exact) mass is 304 g/mol. The van der Waals surface area contributed by atoms with E-state index in [9.17, 15) is 9.59 Å². The largest absolute Gasteiger partial charge is 0.462 e. The molecule has 1 saturated carbocycles. The van der Waals surface area contributed by atoms with Crippen LogP contribution in [0.25, 0.3) is 0 Å². The molecule has 4 nitrogen and oxygen atoms in total. The van der Waals surface area contributed by atoms with Gasteiger partial charge >= 0.3 is 11.9 Å². The molecule has 2 unspecified atom stereocenters. The average Bonchev–Trinajstić information content (AvgIpc) is 2.55. The van der Waals surface area contributed by atoms with E-state index >= 15 is 0 Å². The number of rotatable bonds is 5. The number of hydrogen-bond acceptors (Lipinski definition) is 4. The lowest BCUT2D eigenvalue weighted by molar-refractivity contribution is 0.000677. The van der Waals surface area contributed by atoms with E-state index in [1.165, 1.54) is 6.42 Å². The van der Waals surface area contributed by atoms with Crippen LogP contribution in [0.1, 0.15) is 66.7 Å². The summed E-state index contributed by atoms with van der Waals surface area (Å²) in [6.07, 6.45) is 5.49. The zero-order valence-electron chi connectivity index (χ0n) is 13.3. The van der Waals surface area contributed by atoms with Gasteiger partial charge in [0.2, 0.25) is 0 Å². The van der Waals surface area contributed by atoms with Crippen LogP contribution in [0.5, 0.6) is 0 Å². The first kappa shape index (κ1) is 16.5. The summed E-state index contributed by atoms with van der Waals surface area (Å²) in [7, 11) is 0. The highest BCUT2D eigenvalue weighted by Gasteiger charge is 2.27. The highest BCUT2D eigenvalue weighted by molar-refractivity contribution is 5.93. The molecule has 2 atom stereocenters. The molecule has 120 valence electrons. The fourth-order valence-electron chi connectivity index (χ4n) is 2.96. The maximum absolute atomic E-state index is 12.2. The number of ether oxygens (including phenoxy) is 2. The normalized spacial score (nSPS) is 21.2. The highest BCUT2D eigenvalue weighted by atomic mass is 16.5. The SMILES string of the molecule is CCOC(=O)c1ccc(C(=O)OC2CCCCC2CC)cc1. The molecule has 0 heterocycles. The molecule has 0 aliphatic heterocycles. The predicted molar refractivity (Wildman–Crippen MR) is 83.9 cm³/mol. The molecule has 1 aliphatic carbocycles. The summed E-state index contributed by atoms with van der Waals surface area (Å²) in [5.41, 5.74) is 0.927. The fraction of sp³-hybridized carbons (Fsp3) is 0.556. The lowest BCUT2D eigenvalue weighted by atomic mass is 9.85. The van der Waals surface area contributed by atoms with Gasteiger partial charge in [0.15, 0.2) is 0 Å². The maximum atomic E-state index is 12.2. The maximum Gasteiger partial charge on any atom is 0.338 e. The van der Waals surface area contributed by atoms with Crippen LogP contribution in [0.4, 0.5) is 0 Å². The lowest BCUT2D eigenvalue weighted by Gasteiger charge is -2.30. The van der Waals surface area contributed by atoms with Crippen LogP contribution in [0.2, 0.25) is 0 Å². The molecule has 0 N–H and O–H groups in total. The van der Waals surface area contributed by atoms with Crippen molar-refractivity contribution < 1.29 is 19.1 Å². The Bertz CT molecular complexity index is 506. The van der Waals surface area contributed by atoms with Gasteiger partial charge in [0.1, 0.15) is 6.10 Å². The van der Waals surface area contributed by atoms with E-state index in [1.54, 1.807) is 31.2 Å². The van der Waals surface area contributed by atoms with Gasteiger partial charge < -0.3 is 9.47 Å². The lowest BCUT2D eigenvalue weighted by Crippen LogP contribution is -2.29. The molecule has 0 aromatic heterocycles. The van der Waals surface area contributed by atoms with Crippen molar-refractivity contribution in [1.82, 2.24) is 0 Å². The fourth-order valence-corrected chi connectivity index (χ4v) is 2.96. The number of hydrogen-bond donors (Lipinski definition) is 0. The Labute approximate surface area is 131 Å². The molecule has 0 saturated heterocycles. The Morgan fingerprint density at radius 3 is 2.18 bits per heavy atom. The zero-order chi connectivity index (χ0) is 15.9. The van der Waals surface area contributed by atoms with Crippen LogP contribution < -0.4 is 0 Å². The molecule has 4 heteroatoms. The molecule has 0 amide bonds. The molecular weight excluding hydrogens is 280 g/mol. The molecule has 0 radical (unpaired) electrons. The second kappa shape index (κ2) is 7.97. The van der Waals surface area contributed by atoms with Crippen molar-refractivity contribution in [2.45, 2.75) is 52.1 Å². The van der Waals surface area contributed by atoms with Crippen molar-refractivity contribution in [2.24, 2.45) is 5.92 Å². The number of benzene rings is 1. The van der Waals surface area contributed by atoms with Gasteiger partial charge in [0.25, 0.3) is 0 Å². The minimum atomic E-state index is -0.374. The quantitative estimate of drug-likeness (QED) is 0.772. The van der Waals surface area contributed by atoms with Gasteiger partial charge in [-0.3, -0.25) is 0 Å². The second-order valence-electron chi connectivity index (χ2n) is 5.69. The number of carbonyl (C=O) groups excluding carboxylic acids is 2. The van der Waals surface area contributed by atoms with E-state index in [2.05, 4.69) is 6.92 Å². The molecule has 22 heavy (non-hydrogen) atoms. The first-order chi connectivity index (χ1) is 10.7. The molecule has 1 aromatic rings. The highest BCUT2D eigenvalue weighted by Crippen LogP contribution is 2.29. The van der Waals surface area contributed by atoms with Crippen molar-refractivity contribution in [3.8, 4) is 0 Å². The van der Waals surface area contributed by atoms with Gasteiger partial charge in [-0.2, -0.15) is 0 Å². The number of esters is 2. The van der Waals surface area contributed by atoms with Crippen molar-refractivity contribution >= 4 is 11.9 Å². The Balaban J connectivity index is 1.98. The third-order valence-electron chi connectivity index (χ3n) is 4.25. The van der Waals surface area contributed by atoms with E-state index in [1.807, 2.05) is 0 Å². The third-order valence-corrected chi connectivity index (χ3v) is 4.25. The van der Waals surface area contributed by atoms with E-state index in [4.69, 9.17) is 9.47 Å². The van der Waals surface area contributed by atoms with Crippen LogP contribution in [0.15, 0.2) is 24.3 Å². The smallest absolute Gasteiger partial charge is 0.338 e. The molecule has 0 bridgehead atoms. The van der Waals surface area contributed by atoms with E-state index in [0.29, 0.717) is 23.7 Å². The van der Waals surface area contributed by atoms with Crippen molar-refractivity contribution in [1.29, 1.82) is 0 Å². The van der Waals surface area contributed by atoms with Gasteiger partial charge in [-0.15, -0.1) is 0 Å². The van der Waals surface area contributed by atoms with Crippen molar-refractivity contribution in [2.75, 3.05) is 6.61 Å². The minimum Gasteiger partial charge on any atom is -0.462 e. The first-order valence-electron chi connectivity index (χ1n) is 8.13. The Morgan fingerprint density at radius 1 is 1.00 bits per heavy atom. The van der Waals surface area contributed by atoms with Gasteiger partial charge in [-0.1, -0.05) is 13.3 Å².